The average Bonchev–Trinajstić information content (AvgIpc) is 2.59. The molecule has 0 aromatic heterocycles. The zero-order valence-corrected chi connectivity index (χ0v) is 13.8. The van der Waals surface area contributed by atoms with Gasteiger partial charge >= 0.3 is 5.97 Å². The van der Waals surface area contributed by atoms with Crippen molar-refractivity contribution in [3.05, 3.63) is 64.7 Å². The van der Waals surface area contributed by atoms with Crippen LogP contribution in [0.25, 0.3) is 0 Å². The van der Waals surface area contributed by atoms with Gasteiger partial charge in [-0.15, -0.1) is 0 Å². The van der Waals surface area contributed by atoms with Gasteiger partial charge in [0.05, 0.1) is 19.2 Å². The van der Waals surface area contributed by atoms with Crippen LogP contribution in [0, 0.1) is 0 Å². The Balaban J connectivity index is 2.17. The van der Waals surface area contributed by atoms with Crippen LogP contribution in [0.4, 0.5) is 0 Å². The Labute approximate surface area is 140 Å². The van der Waals surface area contributed by atoms with Gasteiger partial charge in [-0.05, 0) is 29.3 Å². The number of methoxy groups -OCH3 is 2. The third-order valence-electron chi connectivity index (χ3n) is 3.32. The van der Waals surface area contributed by atoms with Gasteiger partial charge in [-0.3, -0.25) is 4.99 Å². The SMILES string of the molecule is COC(=O)[C@H](Cc1ccccc1)N=Cc1ccc(OC)c(Cl)c1. The van der Waals surface area contributed by atoms with Crippen LogP contribution in [0.2, 0.25) is 5.02 Å². The number of rotatable bonds is 6. The van der Waals surface area contributed by atoms with E-state index in [4.69, 9.17) is 21.1 Å². The van der Waals surface area contributed by atoms with Gasteiger partial charge in [-0.2, -0.15) is 0 Å². The summed E-state index contributed by atoms with van der Waals surface area (Å²) in [5.41, 5.74) is 1.81. The first kappa shape index (κ1) is 17.0. The Kier molecular flexibility index (Phi) is 6.18. The quantitative estimate of drug-likeness (QED) is 0.600. The smallest absolute Gasteiger partial charge is 0.330 e. The molecule has 0 spiro atoms. The predicted molar refractivity (Wildman–Crippen MR) is 91.5 cm³/mol. The van der Waals surface area contributed by atoms with E-state index in [2.05, 4.69) is 4.99 Å². The van der Waals surface area contributed by atoms with E-state index in [-0.39, 0.29) is 5.97 Å². The summed E-state index contributed by atoms with van der Waals surface area (Å²) in [7, 11) is 2.92. The minimum atomic E-state index is -0.594. The molecule has 4 nitrogen and oxygen atoms in total. The highest BCUT2D eigenvalue weighted by Gasteiger charge is 2.17. The van der Waals surface area contributed by atoms with Crippen molar-refractivity contribution in [1.29, 1.82) is 0 Å². The first-order valence-electron chi connectivity index (χ1n) is 7.12. The summed E-state index contributed by atoms with van der Waals surface area (Å²) >= 11 is 6.09. The van der Waals surface area contributed by atoms with Crippen LogP contribution in [-0.2, 0) is 16.0 Å². The molecule has 1 atom stereocenters. The molecule has 0 unspecified atom stereocenters. The topological polar surface area (TPSA) is 47.9 Å². The fourth-order valence-electron chi connectivity index (χ4n) is 2.11. The van der Waals surface area contributed by atoms with Gasteiger partial charge < -0.3 is 9.47 Å². The second kappa shape index (κ2) is 8.34. The van der Waals surface area contributed by atoms with Gasteiger partial charge in [-0.1, -0.05) is 41.9 Å². The summed E-state index contributed by atoms with van der Waals surface area (Å²) in [4.78, 5) is 16.3. The zero-order valence-electron chi connectivity index (χ0n) is 13.0. The summed E-state index contributed by atoms with van der Waals surface area (Å²) < 4.78 is 9.94. The van der Waals surface area contributed by atoms with Crippen molar-refractivity contribution in [3.8, 4) is 5.75 Å². The average molecular weight is 332 g/mol. The lowest BCUT2D eigenvalue weighted by atomic mass is 10.1. The minimum Gasteiger partial charge on any atom is -0.495 e. The molecule has 0 bridgehead atoms. The molecule has 2 aromatic carbocycles. The molecule has 2 aromatic rings. The number of halogens is 1. The number of nitrogens with zero attached hydrogens (tertiary/aromatic N) is 1. The Morgan fingerprint density at radius 1 is 1.22 bits per heavy atom. The van der Waals surface area contributed by atoms with Gasteiger partial charge in [0.25, 0.3) is 0 Å². The number of ether oxygens (including phenoxy) is 2. The highest BCUT2D eigenvalue weighted by molar-refractivity contribution is 6.32. The van der Waals surface area contributed by atoms with Crippen molar-refractivity contribution < 1.29 is 14.3 Å². The van der Waals surface area contributed by atoms with E-state index >= 15 is 0 Å². The second-order valence-electron chi connectivity index (χ2n) is 4.90. The minimum absolute atomic E-state index is 0.371. The van der Waals surface area contributed by atoms with Crippen LogP contribution < -0.4 is 4.74 Å². The van der Waals surface area contributed by atoms with E-state index < -0.39 is 6.04 Å². The molecule has 2 rings (SSSR count). The van der Waals surface area contributed by atoms with Crippen molar-refractivity contribution in [1.82, 2.24) is 0 Å². The monoisotopic (exact) mass is 331 g/mol. The molecule has 0 aliphatic heterocycles. The van der Waals surface area contributed by atoms with Crippen molar-refractivity contribution in [3.63, 3.8) is 0 Å². The maximum absolute atomic E-state index is 11.9. The molecule has 0 heterocycles. The fourth-order valence-corrected chi connectivity index (χ4v) is 2.38. The van der Waals surface area contributed by atoms with Crippen molar-refractivity contribution in [2.24, 2.45) is 4.99 Å². The van der Waals surface area contributed by atoms with Crippen molar-refractivity contribution >= 4 is 23.8 Å². The zero-order chi connectivity index (χ0) is 16.7. The van der Waals surface area contributed by atoms with Crippen LogP contribution in [-0.4, -0.2) is 32.4 Å². The third kappa shape index (κ3) is 4.83. The molecular weight excluding hydrogens is 314 g/mol. The van der Waals surface area contributed by atoms with E-state index in [9.17, 15) is 4.79 Å². The molecule has 0 amide bonds. The number of carbonyl (C=O) groups excluding carboxylic acids is 1. The van der Waals surface area contributed by atoms with Gasteiger partial charge in [0, 0.05) is 12.6 Å². The molecular formula is C18H18ClNO3. The highest BCUT2D eigenvalue weighted by Crippen LogP contribution is 2.24. The number of carbonyl (C=O) groups is 1. The lowest BCUT2D eigenvalue weighted by molar-refractivity contribution is -0.142. The molecule has 5 heteroatoms. The van der Waals surface area contributed by atoms with E-state index in [0.29, 0.717) is 17.2 Å². The second-order valence-corrected chi connectivity index (χ2v) is 5.31. The van der Waals surface area contributed by atoms with E-state index in [1.54, 1.807) is 25.5 Å². The summed E-state index contributed by atoms with van der Waals surface area (Å²) in [6.45, 7) is 0. The van der Waals surface area contributed by atoms with Gasteiger partial charge in [0.1, 0.15) is 5.75 Å². The molecule has 0 aliphatic rings. The Morgan fingerprint density at radius 2 is 1.96 bits per heavy atom. The molecule has 23 heavy (non-hydrogen) atoms. The summed E-state index contributed by atoms with van der Waals surface area (Å²) in [6, 6.07) is 14.4. The predicted octanol–water partition coefficient (Wildman–Crippen LogP) is 3.55. The van der Waals surface area contributed by atoms with Crippen LogP contribution >= 0.6 is 11.6 Å². The molecule has 0 aliphatic carbocycles. The van der Waals surface area contributed by atoms with Crippen LogP contribution in [0.5, 0.6) is 5.75 Å². The lowest BCUT2D eigenvalue weighted by Crippen LogP contribution is -2.23. The Bertz CT molecular complexity index is 686. The first-order chi connectivity index (χ1) is 11.1. The van der Waals surface area contributed by atoms with Crippen LogP contribution in [0.15, 0.2) is 53.5 Å². The summed E-state index contributed by atoms with van der Waals surface area (Å²) in [6.07, 6.45) is 2.10. The molecule has 0 saturated carbocycles. The number of hydrogen-bond donors (Lipinski definition) is 0. The van der Waals surface area contributed by atoms with E-state index in [1.165, 1.54) is 7.11 Å². The van der Waals surface area contributed by atoms with Crippen molar-refractivity contribution in [2.75, 3.05) is 14.2 Å². The normalized spacial score (nSPS) is 12.1. The molecule has 120 valence electrons. The maximum Gasteiger partial charge on any atom is 0.330 e. The maximum atomic E-state index is 11.9. The van der Waals surface area contributed by atoms with Gasteiger partial charge in [-0.25, -0.2) is 4.79 Å². The largest absolute Gasteiger partial charge is 0.495 e. The summed E-state index contributed by atoms with van der Waals surface area (Å²) in [5, 5.41) is 0.495. The Morgan fingerprint density at radius 3 is 2.57 bits per heavy atom. The summed E-state index contributed by atoms with van der Waals surface area (Å²) in [5.74, 6) is 0.224. The number of esters is 1. The number of hydrogen-bond acceptors (Lipinski definition) is 4. The van der Waals surface area contributed by atoms with Crippen LogP contribution in [0.1, 0.15) is 11.1 Å². The first-order valence-corrected chi connectivity index (χ1v) is 7.50. The molecule has 0 N–H and O–H groups in total. The van der Waals surface area contributed by atoms with Gasteiger partial charge in [0.2, 0.25) is 0 Å². The third-order valence-corrected chi connectivity index (χ3v) is 3.62. The molecule has 0 saturated heterocycles. The lowest BCUT2D eigenvalue weighted by Gasteiger charge is -2.10. The van der Waals surface area contributed by atoms with E-state index in [0.717, 1.165) is 11.1 Å². The van der Waals surface area contributed by atoms with E-state index in [1.807, 2.05) is 36.4 Å². The van der Waals surface area contributed by atoms with Gasteiger partial charge in [0.15, 0.2) is 6.04 Å². The number of aliphatic imine (C=N–C) groups is 1. The molecule has 0 radical (unpaired) electrons. The highest BCUT2D eigenvalue weighted by atomic mass is 35.5. The fraction of sp³-hybridized carbons (Fsp3) is 0.222. The molecule has 0 fully saturated rings. The van der Waals surface area contributed by atoms with Crippen LogP contribution in [0.3, 0.4) is 0 Å². The Hall–Kier alpha value is -2.33. The number of benzene rings is 2. The van der Waals surface area contributed by atoms with Crippen molar-refractivity contribution in [2.45, 2.75) is 12.5 Å². The standard InChI is InChI=1S/C18H18ClNO3/c1-22-17-9-8-14(10-15(17)19)12-20-16(18(21)23-2)11-13-6-4-3-5-7-13/h3-10,12,16H,11H2,1-2H3/t16-/m0/s1.